The molecule has 0 spiro atoms. The van der Waals surface area contributed by atoms with Crippen molar-refractivity contribution in [2.24, 2.45) is 0 Å². The van der Waals surface area contributed by atoms with E-state index in [1.807, 2.05) is 4.90 Å². The summed E-state index contributed by atoms with van der Waals surface area (Å²) in [7, 11) is 0. The molecule has 5 heterocycles. The van der Waals surface area contributed by atoms with Gasteiger partial charge < -0.3 is 14.6 Å². The van der Waals surface area contributed by atoms with Crippen molar-refractivity contribution in [3.63, 3.8) is 0 Å². The van der Waals surface area contributed by atoms with Crippen LogP contribution in [0.15, 0.2) is 47.7 Å². The summed E-state index contributed by atoms with van der Waals surface area (Å²) >= 11 is 0. The smallest absolute Gasteiger partial charge is 0.418 e. The third-order valence-corrected chi connectivity index (χ3v) is 6.91. The number of aromatic nitrogens is 5. The number of alkyl halides is 3. The molecule has 0 fully saturated rings. The van der Waals surface area contributed by atoms with Gasteiger partial charge in [-0.1, -0.05) is 0 Å². The highest BCUT2D eigenvalue weighted by Gasteiger charge is 2.35. The normalized spacial score (nSPS) is 13.2. The first-order valence-electron chi connectivity index (χ1n) is 12.0. The zero-order valence-electron chi connectivity index (χ0n) is 21.0. The van der Waals surface area contributed by atoms with E-state index in [1.165, 1.54) is 26.1 Å². The number of nitrogens with one attached hydrogen (secondary N) is 2. The molecule has 0 aliphatic carbocycles. The number of pyridine rings is 3. The first-order valence-corrected chi connectivity index (χ1v) is 12.0. The number of nitrogens with zero attached hydrogens (tertiary/aromatic N) is 4. The number of fused-ring (bicyclic) bond motifs is 2. The molecule has 0 radical (unpaired) electrons. The van der Waals surface area contributed by atoms with Crippen molar-refractivity contribution in [2.75, 3.05) is 4.90 Å². The van der Waals surface area contributed by atoms with Crippen molar-refractivity contribution in [1.29, 1.82) is 0 Å². The van der Waals surface area contributed by atoms with Crippen LogP contribution in [-0.2, 0) is 19.3 Å². The minimum Gasteiger partial charge on any atom is -0.438 e. The fraction of sp³-hybridized carbons (Fsp3) is 0.185. The lowest BCUT2D eigenvalue weighted by atomic mass is 10.0. The van der Waals surface area contributed by atoms with Gasteiger partial charge in [0.05, 0.1) is 46.2 Å². The maximum Gasteiger partial charge on any atom is 0.418 e. The van der Waals surface area contributed by atoms with E-state index < -0.39 is 28.8 Å². The van der Waals surface area contributed by atoms with Crippen LogP contribution in [0.2, 0.25) is 0 Å². The quantitative estimate of drug-likeness (QED) is 0.267. The summed E-state index contributed by atoms with van der Waals surface area (Å²) in [5, 5.41) is 7.16. The highest BCUT2D eigenvalue weighted by atomic mass is 19.4. The Kier molecular flexibility index (Phi) is 5.82. The summed E-state index contributed by atoms with van der Waals surface area (Å²) in [6.07, 6.45) is -0.970. The van der Waals surface area contributed by atoms with Gasteiger partial charge in [0.15, 0.2) is 17.1 Å². The second-order valence-electron chi connectivity index (χ2n) is 9.40. The fourth-order valence-electron chi connectivity index (χ4n) is 4.88. The Morgan fingerprint density at radius 1 is 1.02 bits per heavy atom. The molecule has 4 aromatic heterocycles. The molecule has 13 heteroatoms. The molecule has 1 aromatic carbocycles. The lowest BCUT2D eigenvalue weighted by molar-refractivity contribution is -0.138. The zero-order chi connectivity index (χ0) is 28.3. The predicted octanol–water partition coefficient (Wildman–Crippen LogP) is 5.93. The molecular formula is C27H19F5N6O2. The van der Waals surface area contributed by atoms with Crippen LogP contribution >= 0.6 is 0 Å². The molecule has 8 nitrogen and oxygen atoms in total. The Morgan fingerprint density at radius 2 is 1.82 bits per heavy atom. The van der Waals surface area contributed by atoms with Crippen molar-refractivity contribution in [3.8, 4) is 22.9 Å². The van der Waals surface area contributed by atoms with E-state index in [0.717, 1.165) is 29.5 Å². The Balaban J connectivity index is 1.51. The van der Waals surface area contributed by atoms with Crippen molar-refractivity contribution in [3.05, 3.63) is 92.7 Å². The SMILES string of the molecule is Cc1c(Oc2ncc(C(F)(F)F)c(C)c2-c2cc(=O)c3c(N4Cc5cn[nH]c5C4)nccc3[nH]2)ccc(F)c1F. The van der Waals surface area contributed by atoms with Crippen LogP contribution in [0.4, 0.5) is 27.8 Å². The first-order chi connectivity index (χ1) is 19.0. The zero-order valence-corrected chi connectivity index (χ0v) is 21.0. The summed E-state index contributed by atoms with van der Waals surface area (Å²) in [6.45, 7) is 3.41. The van der Waals surface area contributed by atoms with Crippen molar-refractivity contribution < 1.29 is 26.7 Å². The topological polar surface area (TPSA) is 99.8 Å². The number of hydrogen-bond acceptors (Lipinski definition) is 6. The molecule has 2 N–H and O–H groups in total. The van der Waals surface area contributed by atoms with E-state index in [2.05, 4.69) is 25.1 Å². The number of halogens is 5. The van der Waals surface area contributed by atoms with Crippen LogP contribution in [0.3, 0.4) is 0 Å². The second kappa shape index (κ2) is 9.14. The molecule has 0 bridgehead atoms. The molecule has 204 valence electrons. The molecule has 6 rings (SSSR count). The van der Waals surface area contributed by atoms with Crippen molar-refractivity contribution in [1.82, 2.24) is 25.1 Å². The van der Waals surface area contributed by atoms with Crippen LogP contribution < -0.4 is 15.1 Å². The number of ether oxygens (including phenoxy) is 1. The van der Waals surface area contributed by atoms with Gasteiger partial charge in [0, 0.05) is 36.1 Å². The summed E-state index contributed by atoms with van der Waals surface area (Å²) in [4.78, 5) is 26.7. The first kappa shape index (κ1) is 25.5. The number of anilines is 1. The highest BCUT2D eigenvalue weighted by Crippen LogP contribution is 2.41. The number of benzene rings is 1. The number of H-pyrrole nitrogens is 2. The Bertz CT molecular complexity index is 1840. The monoisotopic (exact) mass is 554 g/mol. The molecule has 0 amide bonds. The van der Waals surface area contributed by atoms with E-state index in [4.69, 9.17) is 4.74 Å². The van der Waals surface area contributed by atoms with Gasteiger partial charge in [0.2, 0.25) is 5.88 Å². The second-order valence-corrected chi connectivity index (χ2v) is 9.40. The molecule has 40 heavy (non-hydrogen) atoms. The maximum atomic E-state index is 14.2. The van der Waals surface area contributed by atoms with Gasteiger partial charge >= 0.3 is 6.18 Å². The van der Waals surface area contributed by atoms with Gasteiger partial charge in [-0.3, -0.25) is 9.89 Å². The molecular weight excluding hydrogens is 535 g/mol. The van der Waals surface area contributed by atoms with Gasteiger partial charge in [0.1, 0.15) is 11.6 Å². The number of rotatable bonds is 4. The van der Waals surface area contributed by atoms with Gasteiger partial charge in [0.25, 0.3) is 0 Å². The maximum absolute atomic E-state index is 14.2. The predicted molar refractivity (Wildman–Crippen MR) is 135 cm³/mol. The average molecular weight is 554 g/mol. The molecule has 1 aliphatic rings. The van der Waals surface area contributed by atoms with E-state index in [9.17, 15) is 26.7 Å². The minimum atomic E-state index is -4.75. The third kappa shape index (κ3) is 4.14. The van der Waals surface area contributed by atoms with Gasteiger partial charge in [-0.05, 0) is 37.6 Å². The summed E-state index contributed by atoms with van der Waals surface area (Å²) in [5.41, 5.74) is 0.0283. The molecule has 0 saturated heterocycles. The standard InChI is InChI=1S/C27H19F5N6O2/c1-12-15(27(30,31)32)9-34-26(40-21-4-3-16(28)24(29)13(21)2)22(12)18-7-20(39)23-17(36-18)5-6-33-25(23)38-10-14-8-35-37-19(14)11-38/h3-9H,10-11H2,1-2H3,(H,35,37)(H,36,39). The fourth-order valence-corrected chi connectivity index (χ4v) is 4.88. The van der Waals surface area contributed by atoms with Crippen LogP contribution in [0.1, 0.15) is 27.9 Å². The van der Waals surface area contributed by atoms with Gasteiger partial charge in [-0.15, -0.1) is 0 Å². The number of aromatic amines is 2. The third-order valence-electron chi connectivity index (χ3n) is 6.91. The van der Waals surface area contributed by atoms with E-state index >= 15 is 0 Å². The Morgan fingerprint density at radius 3 is 2.58 bits per heavy atom. The molecule has 0 unspecified atom stereocenters. The highest BCUT2D eigenvalue weighted by molar-refractivity contribution is 5.91. The summed E-state index contributed by atoms with van der Waals surface area (Å²) < 4.78 is 75.1. The van der Waals surface area contributed by atoms with Crippen molar-refractivity contribution >= 4 is 16.7 Å². The Hall–Kier alpha value is -4.81. The van der Waals surface area contributed by atoms with E-state index in [0.29, 0.717) is 30.6 Å². The molecule has 0 atom stereocenters. The molecule has 0 saturated carbocycles. The lowest BCUT2D eigenvalue weighted by Gasteiger charge is -2.20. The summed E-state index contributed by atoms with van der Waals surface area (Å²) in [6, 6.07) is 4.68. The average Bonchev–Trinajstić information content (AvgIpc) is 3.51. The van der Waals surface area contributed by atoms with Crippen LogP contribution in [0.5, 0.6) is 11.6 Å². The van der Waals surface area contributed by atoms with Gasteiger partial charge in [-0.25, -0.2) is 18.7 Å². The number of hydrogen-bond donors (Lipinski definition) is 2. The minimum absolute atomic E-state index is 0.00294. The van der Waals surface area contributed by atoms with Crippen LogP contribution in [-0.4, -0.2) is 25.1 Å². The van der Waals surface area contributed by atoms with Crippen LogP contribution in [0.25, 0.3) is 22.2 Å². The summed E-state index contributed by atoms with van der Waals surface area (Å²) in [5.74, 6) is -2.33. The lowest BCUT2D eigenvalue weighted by Crippen LogP contribution is -2.19. The van der Waals surface area contributed by atoms with Gasteiger partial charge in [-0.2, -0.15) is 18.3 Å². The largest absolute Gasteiger partial charge is 0.438 e. The van der Waals surface area contributed by atoms with E-state index in [-0.39, 0.29) is 39.4 Å². The van der Waals surface area contributed by atoms with Crippen LogP contribution in [0, 0.1) is 25.5 Å². The molecule has 1 aliphatic heterocycles. The Labute approximate surface area is 222 Å². The molecule has 5 aromatic rings. The van der Waals surface area contributed by atoms with Crippen molar-refractivity contribution in [2.45, 2.75) is 33.1 Å². The van der Waals surface area contributed by atoms with E-state index in [1.54, 1.807) is 6.20 Å².